The summed E-state index contributed by atoms with van der Waals surface area (Å²) in [4.78, 5) is 11.4. The van der Waals surface area contributed by atoms with Gasteiger partial charge in [0.25, 0.3) is 0 Å². The van der Waals surface area contributed by atoms with Crippen LogP contribution in [-0.2, 0) is 6.61 Å². The molecule has 0 atom stereocenters. The molecule has 7 heteroatoms. The van der Waals surface area contributed by atoms with Crippen LogP contribution in [0.5, 0.6) is 17.2 Å². The van der Waals surface area contributed by atoms with Gasteiger partial charge in [0, 0.05) is 16.5 Å². The van der Waals surface area contributed by atoms with E-state index < -0.39 is 5.97 Å². The molecule has 1 aromatic heterocycles. The molecular formula is C20H20O7. The Morgan fingerprint density at radius 1 is 1.07 bits per heavy atom. The van der Waals surface area contributed by atoms with Crippen LogP contribution in [0.15, 0.2) is 34.7 Å². The number of carbonyl (C=O) groups is 1. The molecule has 0 fully saturated rings. The molecule has 0 saturated carbocycles. The SMILES string of the molecule is CCOc1ccc(-c2oc3c(OC)cc(C(=O)O)cc3c2CO)cc1OC. The molecule has 2 N–H and O–H groups in total. The lowest BCUT2D eigenvalue weighted by Gasteiger charge is -2.10. The molecule has 0 saturated heterocycles. The maximum absolute atomic E-state index is 11.4. The van der Waals surface area contributed by atoms with Crippen molar-refractivity contribution in [1.82, 2.24) is 0 Å². The van der Waals surface area contributed by atoms with Gasteiger partial charge >= 0.3 is 5.97 Å². The maximum atomic E-state index is 11.4. The summed E-state index contributed by atoms with van der Waals surface area (Å²) in [7, 11) is 2.97. The zero-order chi connectivity index (χ0) is 19.6. The number of fused-ring (bicyclic) bond motifs is 1. The average Bonchev–Trinajstić information content (AvgIpc) is 3.06. The molecule has 0 aliphatic rings. The molecule has 2 aromatic carbocycles. The van der Waals surface area contributed by atoms with Gasteiger partial charge in [0.2, 0.25) is 0 Å². The molecule has 0 bridgehead atoms. The Bertz CT molecular complexity index is 988. The van der Waals surface area contributed by atoms with Crippen LogP contribution in [0.25, 0.3) is 22.3 Å². The zero-order valence-corrected chi connectivity index (χ0v) is 15.2. The van der Waals surface area contributed by atoms with Gasteiger partial charge in [-0.05, 0) is 37.3 Å². The molecule has 0 aliphatic heterocycles. The largest absolute Gasteiger partial charge is 0.493 e. The minimum absolute atomic E-state index is 0.0469. The van der Waals surface area contributed by atoms with E-state index in [9.17, 15) is 15.0 Å². The van der Waals surface area contributed by atoms with Crippen LogP contribution < -0.4 is 14.2 Å². The van der Waals surface area contributed by atoms with E-state index in [1.807, 2.05) is 6.92 Å². The second kappa shape index (κ2) is 7.59. The fraction of sp³-hybridized carbons (Fsp3) is 0.250. The number of carboxylic acid groups (broad SMARTS) is 1. The van der Waals surface area contributed by atoms with Crippen molar-refractivity contribution in [2.24, 2.45) is 0 Å². The summed E-state index contributed by atoms with van der Waals surface area (Å²) in [5.41, 5.74) is 1.55. The molecule has 0 amide bonds. The molecular weight excluding hydrogens is 352 g/mol. The summed E-state index contributed by atoms with van der Waals surface area (Å²) < 4.78 is 22.1. The zero-order valence-electron chi connectivity index (χ0n) is 15.2. The third-order valence-corrected chi connectivity index (χ3v) is 4.21. The summed E-state index contributed by atoms with van der Waals surface area (Å²) in [6.45, 7) is 2.05. The van der Waals surface area contributed by atoms with Crippen LogP contribution in [0.4, 0.5) is 0 Å². The third kappa shape index (κ3) is 3.29. The Morgan fingerprint density at radius 3 is 2.41 bits per heavy atom. The molecule has 0 radical (unpaired) electrons. The molecule has 0 unspecified atom stereocenters. The number of hydrogen-bond acceptors (Lipinski definition) is 6. The smallest absolute Gasteiger partial charge is 0.335 e. The van der Waals surface area contributed by atoms with Gasteiger partial charge in [-0.2, -0.15) is 0 Å². The maximum Gasteiger partial charge on any atom is 0.335 e. The van der Waals surface area contributed by atoms with Crippen molar-refractivity contribution in [1.29, 1.82) is 0 Å². The van der Waals surface area contributed by atoms with Crippen molar-refractivity contribution in [3.05, 3.63) is 41.5 Å². The molecule has 3 rings (SSSR count). The van der Waals surface area contributed by atoms with Gasteiger partial charge in [0.05, 0.1) is 33.0 Å². The van der Waals surface area contributed by atoms with Crippen LogP contribution in [0, 0.1) is 0 Å². The van der Waals surface area contributed by atoms with E-state index in [0.29, 0.717) is 46.0 Å². The number of aliphatic hydroxyl groups excluding tert-OH is 1. The monoisotopic (exact) mass is 372 g/mol. The summed E-state index contributed by atoms with van der Waals surface area (Å²) in [6, 6.07) is 8.13. The highest BCUT2D eigenvalue weighted by molar-refractivity contribution is 5.99. The molecule has 1 heterocycles. The molecule has 0 spiro atoms. The number of aliphatic hydroxyl groups is 1. The first-order valence-corrected chi connectivity index (χ1v) is 8.32. The van der Waals surface area contributed by atoms with Crippen molar-refractivity contribution in [2.45, 2.75) is 13.5 Å². The van der Waals surface area contributed by atoms with E-state index >= 15 is 0 Å². The van der Waals surface area contributed by atoms with Gasteiger partial charge in [-0.3, -0.25) is 0 Å². The molecule has 27 heavy (non-hydrogen) atoms. The lowest BCUT2D eigenvalue weighted by molar-refractivity contribution is 0.0696. The standard InChI is InChI=1S/C20H20O7/c1-4-26-15-6-5-11(8-16(15)24-2)18-14(10-21)13-7-12(20(22)23)9-17(25-3)19(13)27-18/h5-9,21H,4,10H2,1-3H3,(H,22,23). The van der Waals surface area contributed by atoms with Gasteiger partial charge in [-0.1, -0.05) is 0 Å². The predicted octanol–water partition coefficient (Wildman–Crippen LogP) is 3.71. The number of aromatic carboxylic acids is 1. The first-order valence-electron chi connectivity index (χ1n) is 8.32. The lowest BCUT2D eigenvalue weighted by Crippen LogP contribution is -1.97. The second-order valence-corrected chi connectivity index (χ2v) is 5.73. The quantitative estimate of drug-likeness (QED) is 0.652. The van der Waals surface area contributed by atoms with E-state index in [4.69, 9.17) is 18.6 Å². The van der Waals surface area contributed by atoms with Crippen LogP contribution >= 0.6 is 0 Å². The van der Waals surface area contributed by atoms with E-state index in [1.54, 1.807) is 18.2 Å². The normalized spacial score (nSPS) is 10.8. The molecule has 0 aliphatic carbocycles. The van der Waals surface area contributed by atoms with Crippen molar-refractivity contribution in [3.8, 4) is 28.6 Å². The highest BCUT2D eigenvalue weighted by Gasteiger charge is 2.21. The number of ether oxygens (including phenoxy) is 3. The molecule has 7 nitrogen and oxygen atoms in total. The lowest BCUT2D eigenvalue weighted by atomic mass is 10.0. The Labute approximate surface area is 155 Å². The van der Waals surface area contributed by atoms with E-state index in [-0.39, 0.29) is 17.9 Å². The second-order valence-electron chi connectivity index (χ2n) is 5.73. The van der Waals surface area contributed by atoms with Crippen molar-refractivity contribution < 1.29 is 33.6 Å². The fourth-order valence-electron chi connectivity index (χ4n) is 2.97. The van der Waals surface area contributed by atoms with Crippen molar-refractivity contribution in [3.63, 3.8) is 0 Å². The first kappa shape index (κ1) is 18.6. The predicted molar refractivity (Wildman–Crippen MR) is 98.8 cm³/mol. The van der Waals surface area contributed by atoms with Crippen LogP contribution in [0.2, 0.25) is 0 Å². The number of hydrogen-bond donors (Lipinski definition) is 2. The topological polar surface area (TPSA) is 98.4 Å². The number of carboxylic acids is 1. The Kier molecular flexibility index (Phi) is 5.23. The summed E-state index contributed by atoms with van der Waals surface area (Å²) in [5, 5.41) is 19.7. The number of methoxy groups -OCH3 is 2. The van der Waals surface area contributed by atoms with E-state index in [2.05, 4.69) is 0 Å². The first-order chi connectivity index (χ1) is 13.0. The number of rotatable bonds is 7. The third-order valence-electron chi connectivity index (χ3n) is 4.21. The minimum atomic E-state index is -1.09. The fourth-order valence-corrected chi connectivity index (χ4v) is 2.97. The molecule has 3 aromatic rings. The Hall–Kier alpha value is -3.19. The van der Waals surface area contributed by atoms with E-state index in [1.165, 1.54) is 26.4 Å². The summed E-state index contributed by atoms with van der Waals surface area (Å²) in [5.74, 6) is 0.719. The van der Waals surface area contributed by atoms with E-state index in [0.717, 1.165) is 0 Å². The van der Waals surface area contributed by atoms with Crippen molar-refractivity contribution >= 4 is 16.9 Å². The summed E-state index contributed by atoms with van der Waals surface area (Å²) >= 11 is 0. The highest BCUT2D eigenvalue weighted by Crippen LogP contribution is 2.41. The number of furan rings is 1. The van der Waals surface area contributed by atoms with Crippen LogP contribution in [-0.4, -0.2) is 37.0 Å². The van der Waals surface area contributed by atoms with Gasteiger partial charge in [-0.15, -0.1) is 0 Å². The average molecular weight is 372 g/mol. The Morgan fingerprint density at radius 2 is 1.81 bits per heavy atom. The van der Waals surface area contributed by atoms with Gasteiger partial charge in [0.1, 0.15) is 5.76 Å². The van der Waals surface area contributed by atoms with Crippen LogP contribution in [0.3, 0.4) is 0 Å². The van der Waals surface area contributed by atoms with Crippen molar-refractivity contribution in [2.75, 3.05) is 20.8 Å². The number of benzene rings is 2. The van der Waals surface area contributed by atoms with Gasteiger partial charge in [-0.25, -0.2) is 4.79 Å². The van der Waals surface area contributed by atoms with Crippen LogP contribution in [0.1, 0.15) is 22.8 Å². The molecule has 142 valence electrons. The highest BCUT2D eigenvalue weighted by atomic mass is 16.5. The van der Waals surface area contributed by atoms with Gasteiger partial charge in [0.15, 0.2) is 22.8 Å². The summed E-state index contributed by atoms with van der Waals surface area (Å²) in [6.07, 6.45) is 0. The van der Waals surface area contributed by atoms with Gasteiger partial charge < -0.3 is 28.8 Å². The minimum Gasteiger partial charge on any atom is -0.493 e. The Balaban J connectivity index is 2.24.